The van der Waals surface area contributed by atoms with Gasteiger partial charge in [-0.2, -0.15) is 0 Å². The van der Waals surface area contributed by atoms with Gasteiger partial charge in [-0.25, -0.2) is 4.99 Å². The van der Waals surface area contributed by atoms with E-state index in [4.69, 9.17) is 13.8 Å². The zero-order valence-corrected chi connectivity index (χ0v) is 26.5. The van der Waals surface area contributed by atoms with Crippen LogP contribution in [0.5, 0.6) is 0 Å². The second-order valence-corrected chi connectivity index (χ2v) is 12.5. The number of rotatable bonds is 5. The first-order valence-electron chi connectivity index (χ1n) is 16.3. The van der Waals surface area contributed by atoms with Crippen molar-refractivity contribution in [3.05, 3.63) is 169 Å². The van der Waals surface area contributed by atoms with Gasteiger partial charge in [0.05, 0.1) is 16.7 Å². The summed E-state index contributed by atoms with van der Waals surface area (Å²) in [7, 11) is 0. The summed E-state index contributed by atoms with van der Waals surface area (Å²) in [6.07, 6.45) is 1.87. The molecular formula is C45H28N2O2. The van der Waals surface area contributed by atoms with Crippen molar-refractivity contribution in [1.29, 1.82) is 0 Å². The predicted molar refractivity (Wildman–Crippen MR) is 205 cm³/mol. The van der Waals surface area contributed by atoms with Crippen LogP contribution in [0.15, 0.2) is 167 Å². The number of para-hydroxylation sites is 2. The maximum atomic E-state index is 6.51. The van der Waals surface area contributed by atoms with Crippen LogP contribution in [-0.2, 0) is 0 Å². The van der Waals surface area contributed by atoms with E-state index in [1.165, 1.54) is 16.2 Å². The van der Waals surface area contributed by atoms with Crippen molar-refractivity contribution in [2.45, 2.75) is 0 Å². The highest BCUT2D eigenvalue weighted by Crippen LogP contribution is 2.38. The summed E-state index contributed by atoms with van der Waals surface area (Å²) < 4.78 is 14.8. The van der Waals surface area contributed by atoms with Crippen molar-refractivity contribution in [2.75, 3.05) is 0 Å². The first-order chi connectivity index (χ1) is 24.1. The molecular weight excluding hydrogens is 601 g/mol. The van der Waals surface area contributed by atoms with Gasteiger partial charge in [0.2, 0.25) is 0 Å². The Morgan fingerprint density at radius 2 is 1.18 bits per heavy atom. The maximum Gasteiger partial charge on any atom is 0.139 e. The predicted octanol–water partition coefficient (Wildman–Crippen LogP) is 12.4. The van der Waals surface area contributed by atoms with E-state index in [0.29, 0.717) is 5.82 Å². The van der Waals surface area contributed by atoms with E-state index >= 15 is 0 Å². The van der Waals surface area contributed by atoms with E-state index in [9.17, 15) is 0 Å². The lowest BCUT2D eigenvalue weighted by Crippen LogP contribution is -2.07. The second-order valence-electron chi connectivity index (χ2n) is 12.5. The third kappa shape index (κ3) is 4.14. The Morgan fingerprint density at radius 1 is 0.531 bits per heavy atom. The summed E-state index contributed by atoms with van der Waals surface area (Å²) in [5, 5.41) is 8.96. The lowest BCUT2D eigenvalue weighted by atomic mass is 9.96. The number of hydrogen-bond donors (Lipinski definition) is 0. The quantitative estimate of drug-likeness (QED) is 0.178. The molecule has 0 unspecified atom stereocenters. The minimum Gasteiger partial charge on any atom is -0.456 e. The summed E-state index contributed by atoms with van der Waals surface area (Å²) in [4.78, 5) is 5.36. The standard InChI is InChI=1S/C45H28N2O2/c1-3-28-12-6-7-15-32(28)45(46-27(2)47-39-18-10-8-16-33(39)36-22-29-13-4-5-14-30(29)23-40(36)47)31-20-21-35-38-25-37-34-17-9-11-19-41(34)48-43(37)26-44(38)49-42(35)24-31/h3-26H,1-2H2/b46-45-. The van der Waals surface area contributed by atoms with Gasteiger partial charge in [0.15, 0.2) is 0 Å². The number of hydrogen-bond acceptors (Lipinski definition) is 3. The molecule has 0 aliphatic carbocycles. The van der Waals surface area contributed by atoms with E-state index < -0.39 is 0 Å². The van der Waals surface area contributed by atoms with Gasteiger partial charge in [0, 0.05) is 49.5 Å². The lowest BCUT2D eigenvalue weighted by Gasteiger charge is -2.14. The number of fused-ring (bicyclic) bond motifs is 10. The molecule has 0 amide bonds. The van der Waals surface area contributed by atoms with E-state index in [2.05, 4.69) is 121 Å². The van der Waals surface area contributed by atoms with Gasteiger partial charge in [-0.3, -0.25) is 4.57 Å². The van der Waals surface area contributed by atoms with Gasteiger partial charge in [0.25, 0.3) is 0 Å². The molecule has 0 fully saturated rings. The summed E-state index contributed by atoms with van der Waals surface area (Å²) in [6.45, 7) is 8.71. The zero-order chi connectivity index (χ0) is 32.6. The highest BCUT2D eigenvalue weighted by molar-refractivity contribution is 6.20. The normalized spacial score (nSPS) is 12.4. The third-order valence-electron chi connectivity index (χ3n) is 9.72. The third-order valence-corrected chi connectivity index (χ3v) is 9.72. The molecule has 10 aromatic rings. The van der Waals surface area contributed by atoms with Crippen molar-refractivity contribution in [2.24, 2.45) is 4.99 Å². The Labute approximate surface area is 281 Å². The largest absolute Gasteiger partial charge is 0.456 e. The van der Waals surface area contributed by atoms with Crippen LogP contribution in [0, 0.1) is 0 Å². The molecule has 0 radical (unpaired) electrons. The lowest BCUT2D eigenvalue weighted by molar-refractivity contribution is 0.656. The molecule has 3 heterocycles. The smallest absolute Gasteiger partial charge is 0.139 e. The molecule has 230 valence electrons. The van der Waals surface area contributed by atoms with Crippen molar-refractivity contribution in [3.63, 3.8) is 0 Å². The SMILES string of the molecule is C=Cc1ccccc1/C(=N\C(=C)n1c2ccccc2c2cc3ccccc3cc21)c1ccc2c(c1)oc1cc3oc4ccccc4c3cc12. The van der Waals surface area contributed by atoms with E-state index in [1.54, 1.807) is 0 Å². The first-order valence-corrected chi connectivity index (χ1v) is 16.3. The summed E-state index contributed by atoms with van der Waals surface area (Å²) in [5.41, 5.74) is 9.02. The van der Waals surface area contributed by atoms with Gasteiger partial charge in [-0.05, 0) is 58.8 Å². The Kier molecular flexibility index (Phi) is 5.84. The van der Waals surface area contributed by atoms with Gasteiger partial charge in [-0.1, -0.05) is 110 Å². The van der Waals surface area contributed by atoms with Crippen molar-refractivity contribution in [3.8, 4) is 0 Å². The highest BCUT2D eigenvalue weighted by atomic mass is 16.3. The minimum atomic E-state index is 0.618. The van der Waals surface area contributed by atoms with Gasteiger partial charge in [0.1, 0.15) is 28.2 Å². The number of nitrogens with zero attached hydrogens (tertiary/aromatic N) is 2. The molecule has 0 N–H and O–H groups in total. The number of furan rings is 2. The van der Waals surface area contributed by atoms with Crippen LogP contribution in [0.1, 0.15) is 16.7 Å². The molecule has 3 aromatic heterocycles. The van der Waals surface area contributed by atoms with E-state index in [1.807, 2.05) is 42.5 Å². The zero-order valence-electron chi connectivity index (χ0n) is 26.5. The minimum absolute atomic E-state index is 0.618. The molecule has 0 aliphatic heterocycles. The Hall–Kier alpha value is -6.65. The van der Waals surface area contributed by atoms with Crippen LogP contribution in [0.25, 0.3) is 88.4 Å². The molecule has 0 saturated heterocycles. The van der Waals surface area contributed by atoms with Crippen LogP contribution in [-0.4, -0.2) is 10.3 Å². The van der Waals surface area contributed by atoms with Crippen molar-refractivity contribution in [1.82, 2.24) is 4.57 Å². The maximum absolute atomic E-state index is 6.51. The fraction of sp³-hybridized carbons (Fsp3) is 0. The highest BCUT2D eigenvalue weighted by Gasteiger charge is 2.19. The monoisotopic (exact) mass is 628 g/mol. The first kappa shape index (κ1) is 27.5. The van der Waals surface area contributed by atoms with Crippen LogP contribution in [0.3, 0.4) is 0 Å². The summed E-state index contributed by atoms with van der Waals surface area (Å²) in [6, 6.07) is 48.3. The van der Waals surface area contributed by atoms with Crippen LogP contribution in [0.2, 0.25) is 0 Å². The Balaban J connectivity index is 1.19. The second kappa shape index (κ2) is 10.4. The fourth-order valence-electron chi connectivity index (χ4n) is 7.43. The number of aromatic nitrogens is 1. The average Bonchev–Trinajstić information content (AvgIpc) is 3.80. The van der Waals surface area contributed by atoms with Gasteiger partial charge < -0.3 is 8.83 Å². The molecule has 10 rings (SSSR count). The molecule has 49 heavy (non-hydrogen) atoms. The molecule has 0 bridgehead atoms. The molecule has 7 aromatic carbocycles. The van der Waals surface area contributed by atoms with Crippen LogP contribution < -0.4 is 0 Å². The summed E-state index contributed by atoms with van der Waals surface area (Å²) >= 11 is 0. The molecule has 0 aliphatic rings. The Morgan fingerprint density at radius 3 is 2.02 bits per heavy atom. The van der Waals surface area contributed by atoms with Gasteiger partial charge in [-0.15, -0.1) is 0 Å². The van der Waals surface area contributed by atoms with Gasteiger partial charge >= 0.3 is 0 Å². The average molecular weight is 629 g/mol. The molecule has 4 heteroatoms. The topological polar surface area (TPSA) is 43.6 Å². The Bertz CT molecular complexity index is 3040. The molecule has 0 saturated carbocycles. The van der Waals surface area contributed by atoms with Crippen LogP contribution in [0.4, 0.5) is 0 Å². The van der Waals surface area contributed by atoms with Crippen LogP contribution >= 0.6 is 0 Å². The summed E-state index contributed by atoms with van der Waals surface area (Å²) in [5.74, 6) is 0.618. The van der Waals surface area contributed by atoms with Crippen molar-refractivity contribution >= 4 is 94.1 Å². The van der Waals surface area contributed by atoms with E-state index in [-0.39, 0.29) is 0 Å². The van der Waals surface area contributed by atoms with E-state index in [0.717, 1.165) is 82.7 Å². The molecule has 0 atom stereocenters. The number of benzene rings is 7. The molecule has 4 nitrogen and oxygen atoms in total. The molecule has 0 spiro atoms. The fourth-order valence-corrected chi connectivity index (χ4v) is 7.43. The number of aliphatic imine (C=N–C) groups is 1. The van der Waals surface area contributed by atoms with Crippen molar-refractivity contribution < 1.29 is 8.83 Å².